The number of nitrogens with one attached hydrogen (secondary N) is 2. The molecule has 1 aliphatic rings. The van der Waals surface area contributed by atoms with Gasteiger partial charge in [0, 0.05) is 22.6 Å². The van der Waals surface area contributed by atoms with Crippen LogP contribution in [-0.2, 0) is 4.79 Å². The lowest BCUT2D eigenvalue weighted by Crippen LogP contribution is -2.52. The highest BCUT2D eigenvalue weighted by atomic mass is 35.5. The Bertz CT molecular complexity index is 986. The van der Waals surface area contributed by atoms with Crippen molar-refractivity contribution in [2.45, 2.75) is 46.1 Å². The van der Waals surface area contributed by atoms with Gasteiger partial charge in [0.1, 0.15) is 5.15 Å². The number of aromatic nitrogens is 1. The number of rotatable bonds is 2. The van der Waals surface area contributed by atoms with E-state index in [4.69, 9.17) is 16.3 Å². The van der Waals surface area contributed by atoms with Crippen LogP contribution in [0, 0.1) is 11.2 Å². The number of amides is 3. The van der Waals surface area contributed by atoms with Crippen LogP contribution >= 0.6 is 11.6 Å². The molecule has 3 rings (SSSR count). The van der Waals surface area contributed by atoms with E-state index in [1.54, 1.807) is 38.1 Å². The number of urea groups is 1. The standard InChI is InChI=1S/C21H23ClFN3O3/c1-20(2,3)26-19(28)25-18(27)21(4,5)15-11-7-6-8-13(23)16(11)29-17-12(15)9-10-14(22)24-17/h6-10,15H,1-5H3,(H2,25,26,27,28). The summed E-state index contributed by atoms with van der Waals surface area (Å²) in [5.41, 5.74) is -0.552. The summed E-state index contributed by atoms with van der Waals surface area (Å²) >= 11 is 5.98. The van der Waals surface area contributed by atoms with Gasteiger partial charge < -0.3 is 10.1 Å². The molecule has 154 valence electrons. The molecule has 29 heavy (non-hydrogen) atoms. The average molecular weight is 420 g/mol. The number of imide groups is 1. The largest absolute Gasteiger partial charge is 0.435 e. The average Bonchev–Trinajstić information content (AvgIpc) is 2.58. The number of nitrogens with zero attached hydrogens (tertiary/aromatic N) is 1. The molecule has 1 aromatic carbocycles. The van der Waals surface area contributed by atoms with Gasteiger partial charge in [-0.1, -0.05) is 37.6 Å². The van der Waals surface area contributed by atoms with E-state index in [1.807, 2.05) is 20.8 Å². The summed E-state index contributed by atoms with van der Waals surface area (Å²) in [4.78, 5) is 29.5. The molecule has 0 spiro atoms. The molecule has 8 heteroatoms. The smallest absolute Gasteiger partial charge is 0.321 e. The first-order valence-electron chi connectivity index (χ1n) is 9.16. The highest BCUT2D eigenvalue weighted by Crippen LogP contribution is 2.52. The number of hydrogen-bond acceptors (Lipinski definition) is 4. The Hall–Kier alpha value is -2.67. The maximum atomic E-state index is 14.5. The topological polar surface area (TPSA) is 80.3 Å². The molecular formula is C21H23ClFN3O3. The minimum absolute atomic E-state index is 0.000199. The van der Waals surface area contributed by atoms with Gasteiger partial charge in [-0.15, -0.1) is 0 Å². The Balaban J connectivity index is 2.03. The van der Waals surface area contributed by atoms with E-state index in [0.29, 0.717) is 11.1 Å². The van der Waals surface area contributed by atoms with Crippen LogP contribution in [-0.4, -0.2) is 22.5 Å². The molecule has 2 heterocycles. The van der Waals surface area contributed by atoms with Crippen LogP contribution < -0.4 is 15.4 Å². The van der Waals surface area contributed by atoms with Crippen LogP contribution in [0.5, 0.6) is 11.6 Å². The van der Waals surface area contributed by atoms with Crippen molar-refractivity contribution < 1.29 is 18.7 Å². The zero-order chi connectivity index (χ0) is 21.6. The van der Waals surface area contributed by atoms with E-state index in [1.165, 1.54) is 6.07 Å². The van der Waals surface area contributed by atoms with Crippen LogP contribution in [0.1, 0.15) is 51.7 Å². The van der Waals surface area contributed by atoms with Gasteiger partial charge in [-0.25, -0.2) is 14.2 Å². The molecule has 3 amide bonds. The van der Waals surface area contributed by atoms with Crippen molar-refractivity contribution in [3.63, 3.8) is 0 Å². The fraction of sp³-hybridized carbons (Fsp3) is 0.381. The zero-order valence-corrected chi connectivity index (χ0v) is 17.6. The molecule has 0 radical (unpaired) electrons. The molecule has 1 aromatic heterocycles. The van der Waals surface area contributed by atoms with E-state index in [2.05, 4.69) is 15.6 Å². The molecular weight excluding hydrogens is 397 g/mol. The number of hydrogen-bond donors (Lipinski definition) is 2. The first-order chi connectivity index (χ1) is 13.4. The molecule has 0 bridgehead atoms. The van der Waals surface area contributed by atoms with Gasteiger partial charge >= 0.3 is 6.03 Å². The fourth-order valence-corrected chi connectivity index (χ4v) is 3.54. The van der Waals surface area contributed by atoms with Gasteiger partial charge in [-0.05, 0) is 39.0 Å². The van der Waals surface area contributed by atoms with Crippen LogP contribution in [0.25, 0.3) is 0 Å². The van der Waals surface area contributed by atoms with E-state index >= 15 is 0 Å². The van der Waals surface area contributed by atoms with E-state index < -0.39 is 34.6 Å². The predicted octanol–water partition coefficient (Wildman–Crippen LogP) is 4.76. The van der Waals surface area contributed by atoms with Crippen molar-refractivity contribution in [2.75, 3.05) is 0 Å². The first-order valence-corrected chi connectivity index (χ1v) is 9.54. The van der Waals surface area contributed by atoms with Crippen molar-refractivity contribution >= 4 is 23.5 Å². The van der Waals surface area contributed by atoms with E-state index in [9.17, 15) is 14.0 Å². The summed E-state index contributed by atoms with van der Waals surface area (Å²) < 4.78 is 20.1. The number of carbonyl (C=O) groups is 2. The maximum Gasteiger partial charge on any atom is 0.321 e. The third-order valence-electron chi connectivity index (χ3n) is 4.70. The number of benzene rings is 1. The number of para-hydroxylation sites is 1. The Kier molecular flexibility index (Phi) is 5.30. The molecule has 1 unspecified atom stereocenters. The van der Waals surface area contributed by atoms with Crippen molar-refractivity contribution in [1.82, 2.24) is 15.6 Å². The quantitative estimate of drug-likeness (QED) is 0.687. The molecule has 1 atom stereocenters. The number of halogens is 2. The molecule has 1 aliphatic heterocycles. The van der Waals surface area contributed by atoms with Crippen LogP contribution in [0.4, 0.5) is 9.18 Å². The molecule has 0 aliphatic carbocycles. The van der Waals surface area contributed by atoms with Crippen molar-refractivity contribution in [1.29, 1.82) is 0 Å². The van der Waals surface area contributed by atoms with Crippen molar-refractivity contribution in [3.8, 4) is 11.6 Å². The molecule has 0 saturated heterocycles. The minimum Gasteiger partial charge on any atom is -0.435 e. The summed E-state index contributed by atoms with van der Waals surface area (Å²) in [7, 11) is 0. The van der Waals surface area contributed by atoms with Crippen molar-refractivity contribution in [2.24, 2.45) is 5.41 Å². The van der Waals surface area contributed by atoms with E-state index in [-0.39, 0.29) is 16.8 Å². The SMILES string of the molecule is CC(C)(C)NC(=O)NC(=O)C(C)(C)C1c2ccc(Cl)nc2Oc2c(F)cccc21. The van der Waals surface area contributed by atoms with Crippen LogP contribution in [0.3, 0.4) is 0 Å². The molecule has 0 fully saturated rings. The van der Waals surface area contributed by atoms with Gasteiger partial charge in [-0.2, -0.15) is 0 Å². The van der Waals surface area contributed by atoms with Gasteiger partial charge in [0.15, 0.2) is 11.6 Å². The predicted molar refractivity (Wildman–Crippen MR) is 108 cm³/mol. The summed E-state index contributed by atoms with van der Waals surface area (Å²) in [5.74, 6) is -1.55. The number of ether oxygens (including phenoxy) is 1. The Morgan fingerprint density at radius 1 is 1.10 bits per heavy atom. The molecule has 0 saturated carbocycles. The lowest BCUT2D eigenvalue weighted by atomic mass is 9.69. The highest BCUT2D eigenvalue weighted by Gasteiger charge is 2.45. The second-order valence-electron chi connectivity index (χ2n) is 8.60. The lowest BCUT2D eigenvalue weighted by Gasteiger charge is -2.37. The van der Waals surface area contributed by atoms with Crippen LogP contribution in [0.2, 0.25) is 5.15 Å². The van der Waals surface area contributed by atoms with Gasteiger partial charge in [-0.3, -0.25) is 10.1 Å². The number of carbonyl (C=O) groups excluding carboxylic acids is 2. The van der Waals surface area contributed by atoms with Crippen molar-refractivity contribution in [3.05, 3.63) is 52.4 Å². The Morgan fingerprint density at radius 2 is 1.79 bits per heavy atom. The summed E-state index contributed by atoms with van der Waals surface area (Å²) in [6.07, 6.45) is 0. The van der Waals surface area contributed by atoms with Gasteiger partial charge in [0.05, 0.1) is 5.41 Å². The number of fused-ring (bicyclic) bond motifs is 2. The summed E-state index contributed by atoms with van der Waals surface area (Å²) in [5, 5.41) is 5.28. The normalized spacial score (nSPS) is 15.6. The molecule has 2 N–H and O–H groups in total. The minimum atomic E-state index is -1.13. The molecule has 6 nitrogen and oxygen atoms in total. The molecule has 2 aromatic rings. The van der Waals surface area contributed by atoms with Gasteiger partial charge in [0.25, 0.3) is 0 Å². The second kappa shape index (κ2) is 7.30. The highest BCUT2D eigenvalue weighted by molar-refractivity contribution is 6.29. The lowest BCUT2D eigenvalue weighted by molar-refractivity contribution is -0.128. The first kappa shape index (κ1) is 21.0. The number of pyridine rings is 1. The summed E-state index contributed by atoms with van der Waals surface area (Å²) in [6, 6.07) is 7.21. The van der Waals surface area contributed by atoms with Gasteiger partial charge in [0.2, 0.25) is 11.8 Å². The Labute approximate surface area is 173 Å². The monoisotopic (exact) mass is 419 g/mol. The maximum absolute atomic E-state index is 14.5. The summed E-state index contributed by atoms with van der Waals surface area (Å²) in [6.45, 7) is 8.81. The van der Waals surface area contributed by atoms with Crippen LogP contribution in [0.15, 0.2) is 30.3 Å². The Morgan fingerprint density at radius 3 is 2.45 bits per heavy atom. The third kappa shape index (κ3) is 4.19. The zero-order valence-electron chi connectivity index (χ0n) is 16.9. The fourth-order valence-electron chi connectivity index (χ4n) is 3.40. The second-order valence-corrected chi connectivity index (χ2v) is 8.99. The third-order valence-corrected chi connectivity index (χ3v) is 4.91. The van der Waals surface area contributed by atoms with E-state index in [0.717, 1.165) is 0 Å².